The van der Waals surface area contributed by atoms with E-state index in [0.29, 0.717) is 12.2 Å². The maximum absolute atomic E-state index is 11.5. The molecule has 98 valence electrons. The second-order valence-corrected chi connectivity index (χ2v) is 7.24. The Morgan fingerprint density at radius 3 is 2.71 bits per heavy atom. The number of rotatable bonds is 2. The average molecular weight is 260 g/mol. The largest absolute Gasteiger partial charge is 0.356 e. The van der Waals surface area contributed by atoms with E-state index in [1.54, 1.807) is 0 Å². The minimum atomic E-state index is -2.87. The first-order valence-corrected chi connectivity index (χ1v) is 8.10. The summed E-state index contributed by atoms with van der Waals surface area (Å²) in [6.07, 6.45) is 4.00. The lowest BCUT2D eigenvalue weighted by molar-refractivity contribution is -0.121. The summed E-state index contributed by atoms with van der Waals surface area (Å²) in [5.41, 5.74) is 0. The van der Waals surface area contributed by atoms with Crippen LogP contribution in [0.4, 0.5) is 0 Å². The Balaban J connectivity index is 1.89. The Morgan fingerprint density at radius 2 is 1.94 bits per heavy atom. The van der Waals surface area contributed by atoms with Crippen molar-refractivity contribution in [2.24, 2.45) is 0 Å². The molecule has 0 aromatic heterocycles. The summed E-state index contributed by atoms with van der Waals surface area (Å²) in [5.74, 6) is 0.611. The molecule has 0 aliphatic carbocycles. The van der Waals surface area contributed by atoms with Crippen LogP contribution < -0.4 is 10.6 Å². The highest BCUT2D eigenvalue weighted by Crippen LogP contribution is 2.15. The summed E-state index contributed by atoms with van der Waals surface area (Å²) in [4.78, 5) is 11.4. The van der Waals surface area contributed by atoms with Crippen molar-refractivity contribution in [3.63, 3.8) is 0 Å². The van der Waals surface area contributed by atoms with Crippen LogP contribution in [0.1, 0.15) is 32.1 Å². The fraction of sp³-hybridized carbons (Fsp3) is 0.909. The smallest absolute Gasteiger partial charge is 0.221 e. The van der Waals surface area contributed by atoms with Gasteiger partial charge in [0.1, 0.15) is 0 Å². The second-order valence-electron chi connectivity index (χ2n) is 5.01. The van der Waals surface area contributed by atoms with Crippen molar-refractivity contribution >= 4 is 15.7 Å². The molecule has 2 rings (SSSR count). The van der Waals surface area contributed by atoms with E-state index in [2.05, 4.69) is 10.6 Å². The lowest BCUT2D eigenvalue weighted by Crippen LogP contribution is -2.46. The molecular formula is C11H20N2O3S. The molecule has 2 atom stereocenters. The molecule has 6 heteroatoms. The highest BCUT2D eigenvalue weighted by molar-refractivity contribution is 7.91. The van der Waals surface area contributed by atoms with Crippen molar-refractivity contribution < 1.29 is 13.2 Å². The lowest BCUT2D eigenvalue weighted by atomic mass is 10.1. The van der Waals surface area contributed by atoms with Crippen LogP contribution in [0.3, 0.4) is 0 Å². The van der Waals surface area contributed by atoms with Crippen LogP contribution in [0.2, 0.25) is 0 Å². The van der Waals surface area contributed by atoms with Gasteiger partial charge in [-0.2, -0.15) is 0 Å². The van der Waals surface area contributed by atoms with Crippen LogP contribution in [0.25, 0.3) is 0 Å². The maximum Gasteiger partial charge on any atom is 0.221 e. The molecule has 2 aliphatic heterocycles. The number of hydrogen-bond donors (Lipinski definition) is 2. The van der Waals surface area contributed by atoms with Gasteiger partial charge in [0.15, 0.2) is 9.84 Å². The summed E-state index contributed by atoms with van der Waals surface area (Å²) in [7, 11) is -2.87. The first kappa shape index (κ1) is 12.8. The molecule has 2 N–H and O–H groups in total. The number of sulfone groups is 1. The third kappa shape index (κ3) is 3.96. The molecule has 2 fully saturated rings. The topological polar surface area (TPSA) is 75.3 Å². The summed E-state index contributed by atoms with van der Waals surface area (Å²) in [6, 6.07) is 0.167. The van der Waals surface area contributed by atoms with E-state index in [0.717, 1.165) is 32.2 Å². The highest BCUT2D eigenvalue weighted by Gasteiger charge is 2.27. The van der Waals surface area contributed by atoms with Crippen molar-refractivity contribution in [3.05, 3.63) is 0 Å². The van der Waals surface area contributed by atoms with Gasteiger partial charge in [0, 0.05) is 25.0 Å². The van der Waals surface area contributed by atoms with E-state index in [9.17, 15) is 13.2 Å². The zero-order chi connectivity index (χ0) is 12.3. The standard InChI is InChI=1S/C11H20N2O3S/c14-11-7-9(3-1-5-12-11)13-10-4-2-6-17(15,16)8-10/h9-10,13H,1-8H2,(H,12,14). The Hall–Kier alpha value is -0.620. The number of carbonyl (C=O) groups excluding carboxylic acids is 1. The van der Waals surface area contributed by atoms with Gasteiger partial charge in [-0.3, -0.25) is 4.79 Å². The van der Waals surface area contributed by atoms with Gasteiger partial charge in [-0.05, 0) is 25.7 Å². The van der Waals surface area contributed by atoms with Crippen molar-refractivity contribution in [1.82, 2.24) is 10.6 Å². The summed E-state index contributed by atoms with van der Waals surface area (Å²) in [6.45, 7) is 0.736. The van der Waals surface area contributed by atoms with E-state index in [-0.39, 0.29) is 23.7 Å². The molecule has 0 aromatic carbocycles. The molecule has 2 aliphatic rings. The fourth-order valence-corrected chi connectivity index (χ4v) is 4.25. The first-order chi connectivity index (χ1) is 8.05. The normalized spacial score (nSPS) is 33.8. The Morgan fingerprint density at radius 1 is 1.18 bits per heavy atom. The summed E-state index contributed by atoms with van der Waals surface area (Å²) < 4.78 is 23.0. The van der Waals surface area contributed by atoms with Crippen molar-refractivity contribution in [2.75, 3.05) is 18.1 Å². The summed E-state index contributed by atoms with van der Waals surface area (Å²) in [5, 5.41) is 6.17. The zero-order valence-corrected chi connectivity index (χ0v) is 10.8. The molecule has 0 saturated carbocycles. The number of carbonyl (C=O) groups is 1. The second kappa shape index (κ2) is 5.35. The van der Waals surface area contributed by atoms with Gasteiger partial charge in [0.25, 0.3) is 0 Å². The van der Waals surface area contributed by atoms with Gasteiger partial charge in [-0.15, -0.1) is 0 Å². The summed E-state index contributed by atoms with van der Waals surface area (Å²) >= 11 is 0. The van der Waals surface area contributed by atoms with Crippen LogP contribution in [-0.4, -0.2) is 44.5 Å². The molecule has 2 unspecified atom stereocenters. The van der Waals surface area contributed by atoms with Gasteiger partial charge < -0.3 is 10.6 Å². The van der Waals surface area contributed by atoms with E-state index in [1.807, 2.05) is 0 Å². The maximum atomic E-state index is 11.5. The number of amides is 1. The van der Waals surface area contributed by atoms with Crippen molar-refractivity contribution in [3.8, 4) is 0 Å². The van der Waals surface area contributed by atoms with Crippen molar-refractivity contribution in [2.45, 2.75) is 44.2 Å². The molecule has 17 heavy (non-hydrogen) atoms. The lowest BCUT2D eigenvalue weighted by Gasteiger charge is -2.27. The Labute approximate surface area is 102 Å². The zero-order valence-electron chi connectivity index (χ0n) is 9.94. The minimum absolute atomic E-state index is 0.0321. The first-order valence-electron chi connectivity index (χ1n) is 6.28. The SMILES string of the molecule is O=C1CC(NC2CCCS(=O)(=O)C2)CCCN1. The van der Waals surface area contributed by atoms with Gasteiger partial charge in [-0.25, -0.2) is 8.42 Å². The number of nitrogens with one attached hydrogen (secondary N) is 2. The quantitative estimate of drug-likeness (QED) is 0.722. The van der Waals surface area contributed by atoms with Gasteiger partial charge in [0.05, 0.1) is 11.5 Å². The fourth-order valence-electron chi connectivity index (χ4n) is 2.60. The van der Waals surface area contributed by atoms with Crippen LogP contribution >= 0.6 is 0 Å². The minimum Gasteiger partial charge on any atom is -0.356 e. The molecule has 0 radical (unpaired) electrons. The van der Waals surface area contributed by atoms with Crippen LogP contribution in [0.15, 0.2) is 0 Å². The average Bonchev–Trinajstić information content (AvgIpc) is 2.41. The molecule has 5 nitrogen and oxygen atoms in total. The van der Waals surface area contributed by atoms with Crippen LogP contribution in [-0.2, 0) is 14.6 Å². The van der Waals surface area contributed by atoms with E-state index in [1.165, 1.54) is 0 Å². The predicted octanol–water partition coefficient (Wildman–Crippen LogP) is -0.178. The molecule has 0 bridgehead atoms. The molecule has 0 spiro atoms. The Bertz CT molecular complexity index is 380. The molecule has 1 amide bonds. The third-order valence-corrected chi connectivity index (χ3v) is 5.24. The van der Waals surface area contributed by atoms with Crippen molar-refractivity contribution in [1.29, 1.82) is 0 Å². The van der Waals surface area contributed by atoms with E-state index < -0.39 is 9.84 Å². The van der Waals surface area contributed by atoms with Crippen LogP contribution in [0.5, 0.6) is 0 Å². The number of hydrogen-bond acceptors (Lipinski definition) is 4. The van der Waals surface area contributed by atoms with Crippen LogP contribution in [0, 0.1) is 0 Å². The van der Waals surface area contributed by atoms with Gasteiger partial charge >= 0.3 is 0 Å². The monoisotopic (exact) mass is 260 g/mol. The molecular weight excluding hydrogens is 240 g/mol. The van der Waals surface area contributed by atoms with Gasteiger partial charge in [0.2, 0.25) is 5.91 Å². The molecule has 2 heterocycles. The molecule has 2 saturated heterocycles. The highest BCUT2D eigenvalue weighted by atomic mass is 32.2. The van der Waals surface area contributed by atoms with E-state index in [4.69, 9.17) is 0 Å². The van der Waals surface area contributed by atoms with Gasteiger partial charge in [-0.1, -0.05) is 0 Å². The van der Waals surface area contributed by atoms with E-state index >= 15 is 0 Å². The third-order valence-electron chi connectivity index (χ3n) is 3.42. The molecule has 0 aromatic rings. The Kier molecular flexibility index (Phi) is 4.04. The predicted molar refractivity (Wildman–Crippen MR) is 65.5 cm³/mol.